The second-order valence-electron chi connectivity index (χ2n) is 6.02. The van der Waals surface area contributed by atoms with Crippen molar-refractivity contribution < 1.29 is 23.5 Å². The van der Waals surface area contributed by atoms with Crippen LogP contribution in [0.25, 0.3) is 0 Å². The zero-order chi connectivity index (χ0) is 20.8. The molecule has 7 heteroatoms. The summed E-state index contributed by atoms with van der Waals surface area (Å²) in [6, 6.07) is 17.0. The average Bonchev–Trinajstić information content (AvgIpc) is 2.73. The summed E-state index contributed by atoms with van der Waals surface area (Å²) in [5.74, 6) is -1.09. The average molecular weight is 414 g/mol. The number of para-hydroxylation sites is 1. The van der Waals surface area contributed by atoms with E-state index < -0.39 is 24.1 Å². The molecule has 3 aromatic rings. The molecule has 0 radical (unpaired) electrons. The first-order chi connectivity index (χ1) is 14.0. The van der Waals surface area contributed by atoms with Gasteiger partial charge in [0.25, 0.3) is 5.91 Å². The summed E-state index contributed by atoms with van der Waals surface area (Å²) in [6.07, 6.45) is 0. The molecule has 1 amide bonds. The summed E-state index contributed by atoms with van der Waals surface area (Å²) in [5, 5.41) is 3.08. The van der Waals surface area contributed by atoms with Gasteiger partial charge in [-0.3, -0.25) is 9.59 Å². The maximum atomic E-state index is 13.5. The number of benzene rings is 3. The van der Waals surface area contributed by atoms with Gasteiger partial charge in [0.05, 0.1) is 18.2 Å². The van der Waals surface area contributed by atoms with E-state index in [0.717, 1.165) is 6.07 Å². The summed E-state index contributed by atoms with van der Waals surface area (Å²) < 4.78 is 24.2. The lowest BCUT2D eigenvalue weighted by atomic mass is 10.1. The molecule has 5 nitrogen and oxygen atoms in total. The fourth-order valence-electron chi connectivity index (χ4n) is 2.64. The molecule has 0 aliphatic rings. The zero-order valence-electron chi connectivity index (χ0n) is 15.4. The van der Waals surface area contributed by atoms with E-state index in [4.69, 9.17) is 21.1 Å². The summed E-state index contributed by atoms with van der Waals surface area (Å²) in [6.45, 7) is -0.410. The smallest absolute Gasteiger partial charge is 0.259 e. The molecule has 0 saturated heterocycles. The first-order valence-electron chi connectivity index (χ1n) is 8.63. The van der Waals surface area contributed by atoms with E-state index in [9.17, 15) is 14.0 Å². The Morgan fingerprint density at radius 3 is 2.41 bits per heavy atom. The quantitative estimate of drug-likeness (QED) is 0.553. The van der Waals surface area contributed by atoms with Crippen molar-refractivity contribution in [3.63, 3.8) is 0 Å². The normalized spacial score (nSPS) is 10.3. The molecule has 0 aliphatic heterocycles. The highest BCUT2D eigenvalue weighted by molar-refractivity contribution is 6.31. The number of ketones is 1. The number of amides is 1. The summed E-state index contributed by atoms with van der Waals surface area (Å²) in [7, 11) is 1.39. The molecule has 29 heavy (non-hydrogen) atoms. The van der Waals surface area contributed by atoms with Gasteiger partial charge < -0.3 is 14.8 Å². The van der Waals surface area contributed by atoms with E-state index in [1.54, 1.807) is 30.3 Å². The molecule has 0 atom stereocenters. The Hall–Kier alpha value is -3.38. The van der Waals surface area contributed by atoms with Crippen molar-refractivity contribution >= 4 is 29.0 Å². The number of carbonyl (C=O) groups excluding carboxylic acids is 2. The number of carbonyl (C=O) groups is 2. The molecular formula is C22H17ClFNO4. The standard InChI is InChI=1S/C22H17ClFNO4/c1-28-20-10-8-15(24)12-17(20)19(26)13-29-21-9-7-14(23)11-18(21)22(27)25-16-5-3-2-4-6-16/h2-12H,13H2,1H3,(H,25,27). The van der Waals surface area contributed by atoms with Crippen molar-refractivity contribution in [1.29, 1.82) is 0 Å². The van der Waals surface area contributed by atoms with Gasteiger partial charge in [-0.15, -0.1) is 0 Å². The molecule has 3 rings (SSSR count). The number of hydrogen-bond acceptors (Lipinski definition) is 4. The predicted molar refractivity (Wildman–Crippen MR) is 109 cm³/mol. The van der Waals surface area contributed by atoms with E-state index in [2.05, 4.69) is 5.32 Å². The Kier molecular flexibility index (Phi) is 6.46. The fourth-order valence-corrected chi connectivity index (χ4v) is 2.82. The minimum atomic E-state index is -0.566. The molecule has 0 spiro atoms. The van der Waals surface area contributed by atoms with Crippen molar-refractivity contribution in [2.45, 2.75) is 0 Å². The van der Waals surface area contributed by atoms with Crippen molar-refractivity contribution in [3.8, 4) is 11.5 Å². The Bertz CT molecular complexity index is 1040. The predicted octanol–water partition coefficient (Wildman–Crippen LogP) is 5.00. The van der Waals surface area contributed by atoms with Crippen molar-refractivity contribution in [2.24, 2.45) is 0 Å². The maximum Gasteiger partial charge on any atom is 0.259 e. The Labute approximate surface area is 172 Å². The van der Waals surface area contributed by atoms with E-state index in [0.29, 0.717) is 10.7 Å². The van der Waals surface area contributed by atoms with Gasteiger partial charge >= 0.3 is 0 Å². The summed E-state index contributed by atoms with van der Waals surface area (Å²) in [4.78, 5) is 25.1. The molecule has 0 heterocycles. The number of hydrogen-bond donors (Lipinski definition) is 1. The number of nitrogens with one attached hydrogen (secondary N) is 1. The molecule has 0 unspecified atom stereocenters. The molecule has 0 aliphatic carbocycles. The van der Waals surface area contributed by atoms with Gasteiger partial charge in [-0.2, -0.15) is 0 Å². The van der Waals surface area contributed by atoms with Crippen LogP contribution in [0.4, 0.5) is 10.1 Å². The Morgan fingerprint density at radius 1 is 0.966 bits per heavy atom. The van der Waals surface area contributed by atoms with Crippen LogP contribution in [0.2, 0.25) is 5.02 Å². The first kappa shape index (κ1) is 20.4. The van der Waals surface area contributed by atoms with Gasteiger partial charge in [0.2, 0.25) is 5.78 Å². The highest BCUT2D eigenvalue weighted by Crippen LogP contribution is 2.25. The zero-order valence-corrected chi connectivity index (χ0v) is 16.2. The van der Waals surface area contributed by atoms with Gasteiger partial charge in [-0.1, -0.05) is 29.8 Å². The van der Waals surface area contributed by atoms with E-state index in [1.165, 1.54) is 31.4 Å². The molecule has 0 bridgehead atoms. The summed E-state index contributed by atoms with van der Waals surface area (Å²) in [5.41, 5.74) is 0.820. The van der Waals surface area contributed by atoms with E-state index >= 15 is 0 Å². The second kappa shape index (κ2) is 9.21. The minimum Gasteiger partial charge on any atom is -0.496 e. The highest BCUT2D eigenvalue weighted by Gasteiger charge is 2.18. The third kappa shape index (κ3) is 5.12. The summed E-state index contributed by atoms with van der Waals surface area (Å²) >= 11 is 6.02. The maximum absolute atomic E-state index is 13.5. The topological polar surface area (TPSA) is 64.6 Å². The number of Topliss-reactive ketones (excluding diaryl/α,β-unsaturated/α-hetero) is 1. The number of halogens is 2. The fraction of sp³-hybridized carbons (Fsp3) is 0.0909. The molecule has 1 N–H and O–H groups in total. The van der Waals surface area contributed by atoms with Gasteiger partial charge in [0.15, 0.2) is 6.61 Å². The number of methoxy groups -OCH3 is 1. The minimum absolute atomic E-state index is 0.0525. The Balaban J connectivity index is 1.79. The van der Waals surface area contributed by atoms with Gasteiger partial charge in [0.1, 0.15) is 17.3 Å². The third-order valence-electron chi connectivity index (χ3n) is 4.04. The molecule has 0 saturated carbocycles. The SMILES string of the molecule is COc1ccc(F)cc1C(=O)COc1ccc(Cl)cc1C(=O)Nc1ccccc1. The van der Waals surface area contributed by atoms with Gasteiger partial charge in [-0.25, -0.2) is 4.39 Å². The molecular weight excluding hydrogens is 397 g/mol. The van der Waals surface area contributed by atoms with Gasteiger partial charge in [0, 0.05) is 10.7 Å². The molecule has 0 aromatic heterocycles. The van der Waals surface area contributed by atoms with Crippen LogP contribution in [0, 0.1) is 5.82 Å². The Morgan fingerprint density at radius 2 is 1.69 bits per heavy atom. The number of anilines is 1. The number of rotatable bonds is 7. The van der Waals surface area contributed by atoms with Crippen LogP contribution in [0.3, 0.4) is 0 Å². The van der Waals surface area contributed by atoms with Crippen molar-refractivity contribution in [3.05, 3.63) is 88.7 Å². The first-order valence-corrected chi connectivity index (χ1v) is 9.01. The lowest BCUT2D eigenvalue weighted by molar-refractivity contribution is 0.0911. The third-order valence-corrected chi connectivity index (χ3v) is 4.27. The molecule has 0 fully saturated rings. The van der Waals surface area contributed by atoms with Crippen LogP contribution in [-0.4, -0.2) is 25.4 Å². The molecule has 3 aromatic carbocycles. The molecule has 148 valence electrons. The van der Waals surface area contributed by atoms with Crippen LogP contribution >= 0.6 is 11.6 Å². The van der Waals surface area contributed by atoms with Crippen LogP contribution in [0.1, 0.15) is 20.7 Å². The monoisotopic (exact) mass is 413 g/mol. The van der Waals surface area contributed by atoms with Crippen LogP contribution < -0.4 is 14.8 Å². The highest BCUT2D eigenvalue weighted by atomic mass is 35.5. The van der Waals surface area contributed by atoms with Gasteiger partial charge in [-0.05, 0) is 48.5 Å². The van der Waals surface area contributed by atoms with E-state index in [1.807, 2.05) is 6.07 Å². The number of ether oxygens (including phenoxy) is 2. The second-order valence-corrected chi connectivity index (χ2v) is 6.45. The van der Waals surface area contributed by atoms with Crippen LogP contribution in [0.5, 0.6) is 11.5 Å². The largest absolute Gasteiger partial charge is 0.496 e. The van der Waals surface area contributed by atoms with Crippen LogP contribution in [-0.2, 0) is 0 Å². The lowest BCUT2D eigenvalue weighted by Gasteiger charge is -2.13. The lowest BCUT2D eigenvalue weighted by Crippen LogP contribution is -2.17. The van der Waals surface area contributed by atoms with E-state index in [-0.39, 0.29) is 22.6 Å². The van der Waals surface area contributed by atoms with Crippen LogP contribution in [0.15, 0.2) is 66.7 Å². The van der Waals surface area contributed by atoms with Crippen molar-refractivity contribution in [1.82, 2.24) is 0 Å². The van der Waals surface area contributed by atoms with Crippen molar-refractivity contribution in [2.75, 3.05) is 19.0 Å².